The molecule has 0 aliphatic carbocycles. The molecule has 1 aromatic heterocycles. The van der Waals surface area contributed by atoms with Gasteiger partial charge in [-0.25, -0.2) is 9.37 Å². The molecule has 2 heterocycles. The quantitative estimate of drug-likeness (QED) is 0.497. The molecule has 3 rings (SSSR count). The predicted molar refractivity (Wildman–Crippen MR) is 111 cm³/mol. The number of anilines is 2. The number of hydrogen-bond acceptors (Lipinski definition) is 6. The molecule has 1 aromatic carbocycles. The Kier molecular flexibility index (Phi) is 8.67. The van der Waals surface area contributed by atoms with Gasteiger partial charge in [0.25, 0.3) is 0 Å². The maximum absolute atomic E-state index is 14.1. The van der Waals surface area contributed by atoms with Crippen molar-refractivity contribution in [3.63, 3.8) is 0 Å². The summed E-state index contributed by atoms with van der Waals surface area (Å²) in [5, 5.41) is 10.2. The number of aliphatic hydroxyl groups is 1. The first kappa shape index (κ1) is 25.7. The molecular weight excluding hydrogens is 457 g/mol. The summed E-state index contributed by atoms with van der Waals surface area (Å²) in [4.78, 5) is 18.0. The summed E-state index contributed by atoms with van der Waals surface area (Å²) in [6.45, 7) is -0.588. The van der Waals surface area contributed by atoms with Gasteiger partial charge in [0.15, 0.2) is 11.6 Å². The number of aliphatic hydroxyl groups excluding tert-OH is 1. The van der Waals surface area contributed by atoms with E-state index in [1.165, 1.54) is 24.0 Å². The number of pyridine rings is 1. The van der Waals surface area contributed by atoms with E-state index in [9.17, 15) is 26.7 Å². The van der Waals surface area contributed by atoms with Crippen LogP contribution in [0.25, 0.3) is 0 Å². The zero-order valence-corrected chi connectivity index (χ0v) is 18.2. The number of nitrogens with one attached hydrogen (secondary N) is 1. The summed E-state index contributed by atoms with van der Waals surface area (Å²) >= 11 is 1.34. The maximum atomic E-state index is 14.1. The van der Waals surface area contributed by atoms with E-state index in [4.69, 9.17) is 9.84 Å². The van der Waals surface area contributed by atoms with Gasteiger partial charge in [0.05, 0.1) is 23.7 Å². The van der Waals surface area contributed by atoms with E-state index in [1.54, 1.807) is 12.3 Å². The van der Waals surface area contributed by atoms with E-state index in [1.807, 2.05) is 0 Å². The number of hydrogen-bond donors (Lipinski definition) is 2. The number of rotatable bonds is 5. The smallest absolute Gasteiger partial charge is 0.393 e. The Hall–Kier alpha value is -2.60. The number of methoxy groups -OCH3 is 1. The summed E-state index contributed by atoms with van der Waals surface area (Å²) in [7, 11) is 2.08. The van der Waals surface area contributed by atoms with Crippen molar-refractivity contribution in [2.24, 2.45) is 5.92 Å². The second-order valence-corrected chi connectivity index (χ2v) is 7.46. The zero-order chi connectivity index (χ0) is 24.1. The van der Waals surface area contributed by atoms with E-state index in [0.29, 0.717) is 10.7 Å². The van der Waals surface area contributed by atoms with Crippen molar-refractivity contribution in [3.8, 4) is 5.75 Å². The number of halogens is 5. The number of amides is 1. The number of nitrogens with zero attached hydrogens (tertiary/aromatic N) is 2. The molecule has 0 bridgehead atoms. The minimum Gasteiger partial charge on any atom is -0.491 e. The van der Waals surface area contributed by atoms with Crippen molar-refractivity contribution in [2.75, 3.05) is 37.2 Å². The Morgan fingerprint density at radius 3 is 2.56 bits per heavy atom. The molecule has 1 saturated heterocycles. The van der Waals surface area contributed by atoms with Crippen molar-refractivity contribution < 1.29 is 36.6 Å². The second-order valence-electron chi connectivity index (χ2n) is 6.63. The van der Waals surface area contributed by atoms with Crippen molar-refractivity contribution >= 4 is 29.0 Å². The standard InChI is InChI=1S/C19H18F5N3O2S.CH4O/c1-29-17-13(4-3-12(20)16(17)21)27-9-10(19(22,23)24)7-14(27)18(28)26-11-5-6-25-15(8-11)30-2;1-2/h3-6,8,10,14H,7,9H2,1-2H3,(H,25,26,28);2H,1H3. The van der Waals surface area contributed by atoms with Gasteiger partial charge in [-0.05, 0) is 36.9 Å². The van der Waals surface area contributed by atoms with Gasteiger partial charge in [-0.3, -0.25) is 4.79 Å². The maximum Gasteiger partial charge on any atom is 0.393 e. The van der Waals surface area contributed by atoms with Gasteiger partial charge in [-0.2, -0.15) is 17.6 Å². The molecule has 0 spiro atoms. The van der Waals surface area contributed by atoms with Crippen LogP contribution in [0.5, 0.6) is 5.75 Å². The summed E-state index contributed by atoms with van der Waals surface area (Å²) in [6.07, 6.45) is -1.83. The Morgan fingerprint density at radius 1 is 1.28 bits per heavy atom. The van der Waals surface area contributed by atoms with E-state index in [-0.39, 0.29) is 5.69 Å². The highest BCUT2D eigenvalue weighted by molar-refractivity contribution is 7.98. The van der Waals surface area contributed by atoms with E-state index < -0.39 is 54.4 Å². The van der Waals surface area contributed by atoms with Crippen LogP contribution in [0.1, 0.15) is 6.42 Å². The molecule has 1 fully saturated rings. The fourth-order valence-electron chi connectivity index (χ4n) is 3.35. The van der Waals surface area contributed by atoms with Gasteiger partial charge >= 0.3 is 6.18 Å². The number of ether oxygens (including phenoxy) is 1. The molecule has 12 heteroatoms. The third-order valence-electron chi connectivity index (χ3n) is 4.82. The van der Waals surface area contributed by atoms with Gasteiger partial charge in [0, 0.05) is 25.5 Å². The fraction of sp³-hybridized carbons (Fsp3) is 0.400. The number of aromatic nitrogens is 1. The topological polar surface area (TPSA) is 74.7 Å². The lowest BCUT2D eigenvalue weighted by molar-refractivity contribution is -0.168. The second kappa shape index (κ2) is 10.8. The van der Waals surface area contributed by atoms with Crippen LogP contribution in [0.2, 0.25) is 0 Å². The lowest BCUT2D eigenvalue weighted by Crippen LogP contribution is -2.40. The molecule has 6 nitrogen and oxygen atoms in total. The predicted octanol–water partition coefficient (Wildman–Crippen LogP) is 4.09. The molecule has 1 aliphatic rings. The van der Waals surface area contributed by atoms with Crippen LogP contribution in [-0.4, -0.2) is 55.2 Å². The van der Waals surface area contributed by atoms with E-state index in [0.717, 1.165) is 31.3 Å². The average Bonchev–Trinajstić information content (AvgIpc) is 3.23. The number of alkyl halides is 3. The molecule has 2 atom stereocenters. The van der Waals surface area contributed by atoms with Gasteiger partial charge in [0.1, 0.15) is 6.04 Å². The summed E-state index contributed by atoms with van der Waals surface area (Å²) in [5.74, 6) is -5.60. The third-order valence-corrected chi connectivity index (χ3v) is 5.46. The summed E-state index contributed by atoms with van der Waals surface area (Å²) < 4.78 is 72.8. The van der Waals surface area contributed by atoms with Crippen LogP contribution in [0.3, 0.4) is 0 Å². The van der Waals surface area contributed by atoms with Crippen LogP contribution in [0, 0.1) is 17.6 Å². The molecule has 2 N–H and O–H groups in total. The van der Waals surface area contributed by atoms with Crippen molar-refractivity contribution in [1.82, 2.24) is 4.98 Å². The van der Waals surface area contributed by atoms with Crippen molar-refractivity contribution in [2.45, 2.75) is 23.7 Å². The van der Waals surface area contributed by atoms with Gasteiger partial charge in [-0.1, -0.05) is 0 Å². The monoisotopic (exact) mass is 479 g/mol. The van der Waals surface area contributed by atoms with Crippen LogP contribution in [0.15, 0.2) is 35.5 Å². The Morgan fingerprint density at radius 2 is 1.97 bits per heavy atom. The number of carbonyl (C=O) groups excluding carboxylic acids is 1. The van der Waals surface area contributed by atoms with Gasteiger partial charge in [0.2, 0.25) is 11.7 Å². The first-order chi connectivity index (χ1) is 15.2. The van der Waals surface area contributed by atoms with Gasteiger partial charge < -0.3 is 20.1 Å². The number of carbonyl (C=O) groups is 1. The first-order valence-corrected chi connectivity index (χ1v) is 10.5. The third kappa shape index (κ3) is 5.60. The zero-order valence-electron chi connectivity index (χ0n) is 17.4. The first-order valence-electron chi connectivity index (χ1n) is 9.26. The number of benzene rings is 1. The van der Waals surface area contributed by atoms with Crippen LogP contribution in [0.4, 0.5) is 33.3 Å². The highest BCUT2D eigenvalue weighted by atomic mass is 32.2. The summed E-state index contributed by atoms with van der Waals surface area (Å²) in [6, 6.07) is 3.73. The normalized spacial score (nSPS) is 18.1. The molecular formula is C20H22F5N3O3S. The fourth-order valence-corrected chi connectivity index (χ4v) is 3.77. The van der Waals surface area contributed by atoms with E-state index in [2.05, 4.69) is 10.3 Å². The lowest BCUT2D eigenvalue weighted by atomic mass is 10.0. The van der Waals surface area contributed by atoms with Gasteiger partial charge in [-0.15, -0.1) is 11.8 Å². The Bertz CT molecular complexity index is 945. The molecule has 1 amide bonds. The lowest BCUT2D eigenvalue weighted by Gasteiger charge is -2.27. The number of thioether (sulfide) groups is 1. The van der Waals surface area contributed by atoms with Crippen molar-refractivity contribution in [3.05, 3.63) is 42.1 Å². The highest BCUT2D eigenvalue weighted by Gasteiger charge is 2.50. The Balaban J connectivity index is 0.00000176. The highest BCUT2D eigenvalue weighted by Crippen LogP contribution is 2.43. The molecule has 176 valence electrons. The molecule has 2 unspecified atom stereocenters. The van der Waals surface area contributed by atoms with Crippen molar-refractivity contribution in [1.29, 1.82) is 0 Å². The van der Waals surface area contributed by atoms with Crippen LogP contribution in [-0.2, 0) is 4.79 Å². The van der Waals surface area contributed by atoms with E-state index >= 15 is 0 Å². The van der Waals surface area contributed by atoms with Crippen LogP contribution < -0.4 is 15.0 Å². The molecule has 0 radical (unpaired) electrons. The minimum atomic E-state index is -4.55. The molecule has 32 heavy (non-hydrogen) atoms. The Labute approximate surface area is 185 Å². The molecule has 2 aromatic rings. The summed E-state index contributed by atoms with van der Waals surface area (Å²) in [5.41, 5.74) is 0.245. The SMILES string of the molecule is CO.COc1c(N2CC(C(F)(F)F)CC2C(=O)Nc2ccnc(SC)c2)ccc(F)c1F. The minimum absolute atomic E-state index is 0.122. The molecule has 0 saturated carbocycles. The van der Waals surface area contributed by atoms with Crippen LogP contribution >= 0.6 is 11.8 Å². The molecule has 1 aliphatic heterocycles. The average molecular weight is 479 g/mol. The largest absolute Gasteiger partial charge is 0.491 e.